The van der Waals surface area contributed by atoms with Crippen LogP contribution in [0.25, 0.3) is 21.8 Å². The van der Waals surface area contributed by atoms with Gasteiger partial charge in [0.25, 0.3) is 0 Å². The lowest BCUT2D eigenvalue weighted by Gasteiger charge is -2.49. The number of nitrogen functional groups attached to an aromatic ring is 1. The first-order valence-electron chi connectivity index (χ1n) is 23.9. The number of aliphatic hydroxyl groups is 3. The van der Waals surface area contributed by atoms with Gasteiger partial charge in [0.2, 0.25) is 5.78 Å². The van der Waals surface area contributed by atoms with Gasteiger partial charge in [-0.1, -0.05) is 93.8 Å². The fraction of sp³-hybridized carbons (Fsp3) is 0.340. The van der Waals surface area contributed by atoms with E-state index < -0.39 is 66.9 Å². The van der Waals surface area contributed by atoms with Crippen molar-refractivity contribution >= 4 is 115 Å². The molecule has 0 aliphatic heterocycles. The quantitative estimate of drug-likeness (QED) is 0.0158. The van der Waals surface area contributed by atoms with Crippen LogP contribution in [0.5, 0.6) is 5.75 Å². The van der Waals surface area contributed by atoms with Crippen molar-refractivity contribution in [3.63, 3.8) is 0 Å². The zero-order chi connectivity index (χ0) is 60.7. The summed E-state index contributed by atoms with van der Waals surface area (Å²) in [4.78, 5) is 95.2. The number of phosphoric ester groups is 2. The second kappa shape index (κ2) is 38.6. The number of rotatable bonds is 19. The third-order valence-electron chi connectivity index (χ3n) is 10.9. The smallest absolute Gasteiger partial charge is 0.373 e. The average Bonchev–Trinajstić information content (AvgIpc) is 3.55. The van der Waals surface area contributed by atoms with Crippen molar-refractivity contribution in [2.75, 3.05) is 12.3 Å². The van der Waals surface area contributed by atoms with Crippen molar-refractivity contribution < 1.29 is 101 Å². The summed E-state index contributed by atoms with van der Waals surface area (Å²) in [5.41, 5.74) is 10.4. The Balaban J connectivity index is 0.000000475. The van der Waals surface area contributed by atoms with Gasteiger partial charge in [0, 0.05) is 28.9 Å². The lowest BCUT2D eigenvalue weighted by Crippen LogP contribution is -2.66. The molecule has 9 atom stereocenters. The molecule has 81 heavy (non-hydrogen) atoms. The van der Waals surface area contributed by atoms with E-state index in [4.69, 9.17) is 38.8 Å². The van der Waals surface area contributed by atoms with Crippen LogP contribution in [0.4, 0.5) is 5.69 Å². The maximum absolute atomic E-state index is 12.6. The normalized spacial score (nSPS) is 19.0. The summed E-state index contributed by atoms with van der Waals surface area (Å²) < 4.78 is 56.4. The Morgan fingerprint density at radius 1 is 0.840 bits per heavy atom. The number of hydrogen-bond acceptors (Lipinski definition) is 24. The first-order valence-corrected chi connectivity index (χ1v) is 34.9. The van der Waals surface area contributed by atoms with Crippen LogP contribution in [0, 0.1) is 6.92 Å². The van der Waals surface area contributed by atoms with Gasteiger partial charge in [-0.2, -0.15) is 9.59 Å². The van der Waals surface area contributed by atoms with Crippen molar-refractivity contribution in [2.24, 2.45) is 0 Å². The fourth-order valence-corrected chi connectivity index (χ4v) is 8.89. The van der Waals surface area contributed by atoms with E-state index in [-0.39, 0.29) is 41.2 Å². The highest BCUT2D eigenvalue weighted by Gasteiger charge is 2.52. The number of anilines is 1. The molecule has 2 aliphatic carbocycles. The molecule has 2 aliphatic rings. The Morgan fingerprint density at radius 2 is 1.40 bits per heavy atom. The Kier molecular flexibility index (Phi) is 34.7. The molecular formula is C50H59IN3O21P6-5. The molecule has 2 heterocycles. The molecule has 31 heteroatoms. The first-order chi connectivity index (χ1) is 38.3. The largest absolute Gasteiger partial charge is 0.790 e. The number of benzene rings is 3. The van der Waals surface area contributed by atoms with E-state index in [9.17, 15) is 54.0 Å². The van der Waals surface area contributed by atoms with Gasteiger partial charge in [-0.25, -0.2) is 0 Å². The first kappa shape index (κ1) is 72.9. The van der Waals surface area contributed by atoms with Crippen LogP contribution in [0.15, 0.2) is 127 Å². The van der Waals surface area contributed by atoms with Crippen LogP contribution in [-0.2, 0) is 69.3 Å². The zero-order valence-electron chi connectivity index (χ0n) is 43.4. The number of nitrogens with zero attached hydrogens (tertiary/aromatic N) is 2. The van der Waals surface area contributed by atoms with Gasteiger partial charge < -0.3 is 78.4 Å². The number of carbonyl (C=O) groups excluding carboxylic acids is 4. The van der Waals surface area contributed by atoms with Crippen molar-refractivity contribution in [1.82, 2.24) is 9.97 Å². The van der Waals surface area contributed by atoms with E-state index in [2.05, 4.69) is 77.3 Å². The van der Waals surface area contributed by atoms with Gasteiger partial charge in [0.05, 0.1) is 40.6 Å². The van der Waals surface area contributed by atoms with Crippen molar-refractivity contribution in [3.05, 3.63) is 144 Å². The van der Waals surface area contributed by atoms with Crippen LogP contribution < -0.4 is 35.1 Å². The molecule has 0 spiro atoms. The summed E-state index contributed by atoms with van der Waals surface area (Å²) in [5.74, 6) is -0.396. The molecule has 3 aromatic carbocycles. The van der Waals surface area contributed by atoms with Crippen LogP contribution in [0.3, 0.4) is 0 Å². The van der Waals surface area contributed by atoms with E-state index in [1.54, 1.807) is 42.7 Å². The van der Waals surface area contributed by atoms with Gasteiger partial charge >= 0.3 is 19.9 Å². The lowest BCUT2D eigenvalue weighted by molar-refractivity contribution is -0.710. The van der Waals surface area contributed by atoms with Crippen molar-refractivity contribution in [2.45, 2.75) is 102 Å². The van der Waals surface area contributed by atoms with E-state index in [1.807, 2.05) is 42.5 Å². The number of aryl methyl sites for hydroxylation is 1. The van der Waals surface area contributed by atoms with Crippen LogP contribution in [-0.4, -0.2) is 86.4 Å². The summed E-state index contributed by atoms with van der Waals surface area (Å²) in [7, 11) is -7.12. The molecule has 0 saturated heterocycles. The third-order valence-corrected chi connectivity index (χ3v) is 12.3. The average molecular weight is 1350 g/mol. The van der Waals surface area contributed by atoms with Gasteiger partial charge in [0.1, 0.15) is 49.0 Å². The number of allylic oxidation sites excluding steroid dienone is 4. The second-order valence-electron chi connectivity index (χ2n) is 17.0. The molecule has 3 unspecified atom stereocenters. The molecule has 5 aromatic rings. The number of carbonyl (C=O) groups is 2. The topological polar surface area (TPSA) is 403 Å². The number of esters is 1. The van der Waals surface area contributed by atoms with Crippen LogP contribution in [0.2, 0.25) is 0 Å². The Hall–Kier alpha value is -4.24. The van der Waals surface area contributed by atoms with Crippen LogP contribution >= 0.6 is 69.2 Å². The van der Waals surface area contributed by atoms with Gasteiger partial charge in [-0.05, 0) is 129 Å². The number of nitrogens with two attached hydrogens (primary N) is 1. The molecule has 0 amide bonds. The van der Waals surface area contributed by atoms with Crippen LogP contribution in [0.1, 0.15) is 62.1 Å². The summed E-state index contributed by atoms with van der Waals surface area (Å²) in [6.07, 6.45) is 1.84. The number of hydrogen-bond donors (Lipinski definition) is 4. The number of phosphoric acid groups is 2. The lowest BCUT2D eigenvalue weighted by atomic mass is 9.85. The summed E-state index contributed by atoms with van der Waals surface area (Å²) in [6, 6.07) is 22.7. The number of ether oxygens (including phenoxy) is 2. The predicted molar refractivity (Wildman–Crippen MR) is 305 cm³/mol. The standard InChI is InChI=1S/C25H29NO15P2.C15H22O2.C9H8N2.CO2.H4IP3.HO2P/c1-13-9-15(12-37-19(27)11-14-4-6-17-16(10-14)3-2-8-26-17)5-7-18(13)39-43(35,36)41-23-20(28)21(29)24(38-31)25(22(23)30)40-42(32,33)34;1-3-4-5-6-7-8-11-17-15-12-13(2)9-10-14(15)16;10-8-3-4-9-7(6-8)2-1-5-11-9;2-1-3;1-4(2)3;1-3-2/h2-10,20-25,28-31H,11-12H2,1H3,(H,35,36)(H2,32,33,34);9-10,12H,2-8,11H2,1H3;1-6H,10H2;;2-3H2;(H,1,2)/p-5/t20-,21+,22+,23-,24-,25-;;;;;/m1...../s1. The number of fused-ring (bicyclic) bond motifs is 2. The van der Waals surface area contributed by atoms with E-state index in [1.165, 1.54) is 63.3 Å². The molecule has 1 fully saturated rings. The molecule has 0 bridgehead atoms. The Bertz CT molecular complexity index is 3000. The molecule has 0 radical (unpaired) electrons. The number of ketones is 1. The molecular weight excluding hydrogens is 1290 g/mol. The molecule has 24 nitrogen and oxygen atoms in total. The summed E-state index contributed by atoms with van der Waals surface area (Å²) in [6.45, 7) is 7.93. The number of aliphatic hydroxyl groups excluding tert-OH is 3. The second-order valence-corrected chi connectivity index (χ2v) is 35.0. The molecule has 1 saturated carbocycles. The molecule has 7 rings (SSSR count). The Morgan fingerprint density at radius 3 is 1.98 bits per heavy atom. The van der Waals surface area contributed by atoms with Crippen molar-refractivity contribution in [1.29, 1.82) is 0 Å². The fourth-order valence-electron chi connectivity index (χ4n) is 7.31. The highest BCUT2D eigenvalue weighted by atomic mass is 127. The summed E-state index contributed by atoms with van der Waals surface area (Å²) >= 11 is 2.33. The third kappa shape index (κ3) is 28.3. The van der Waals surface area contributed by atoms with Gasteiger partial charge in [-0.3, -0.25) is 28.7 Å². The van der Waals surface area contributed by atoms with Gasteiger partial charge in [0.15, 0.2) is 5.76 Å². The number of aromatic nitrogens is 2. The Labute approximate surface area is 487 Å². The number of halogens is 1. The highest BCUT2D eigenvalue weighted by molar-refractivity contribution is 14.2. The minimum absolute atomic E-state index is 0.00402. The monoisotopic (exact) mass is 1350 g/mol. The predicted octanol–water partition coefficient (Wildman–Crippen LogP) is 5.16. The zero-order valence-corrected chi connectivity index (χ0v) is 51.5. The minimum atomic E-state index is -5.89. The van der Waals surface area contributed by atoms with Gasteiger partial charge in [-0.15, -0.1) is 0 Å². The molecule has 2 aromatic heterocycles. The van der Waals surface area contributed by atoms with E-state index >= 15 is 0 Å². The SMILES string of the molecule is C=C1C=CC(=O)C(OCCCCCCCC)=C1.Cc1cc(COC(=O)Cc2ccc3ncccc3c2)ccc1OP(=O)([O-])O[C@@H]1[C@H](O)[C@H](O)[C@@H](O[O-])[C@H](OP(=O)([O-])[O-])[C@H]1O.Nc1ccc2ncccc2c1.O=C=O.O=P[O-].PP(P)I. The number of unbranched alkanes of at least 4 members (excludes halogenated alkanes) is 5. The van der Waals surface area contributed by atoms with E-state index in [0.29, 0.717) is 17.9 Å². The maximum Gasteiger partial charge on any atom is 0.373 e. The van der Waals surface area contributed by atoms with E-state index in [0.717, 1.165) is 45.1 Å². The molecule has 442 valence electrons. The highest BCUT2D eigenvalue weighted by Crippen LogP contribution is 2.60. The minimum Gasteiger partial charge on any atom is -0.790 e. The maximum atomic E-state index is 12.6. The molecule has 5 N–H and O–H groups in total. The summed E-state index contributed by atoms with van der Waals surface area (Å²) in [5, 5.41) is 43.5. The number of pyridine rings is 2. The van der Waals surface area contributed by atoms with Crippen molar-refractivity contribution in [3.8, 4) is 5.75 Å².